The number of halogens is 1. The second-order valence-electron chi connectivity index (χ2n) is 7.55. The fourth-order valence-electron chi connectivity index (χ4n) is 3.43. The highest BCUT2D eigenvalue weighted by atomic mass is 35.5. The Morgan fingerprint density at radius 3 is 2.80 bits per heavy atom. The number of rotatable bonds is 5. The van der Waals surface area contributed by atoms with Crippen molar-refractivity contribution in [2.24, 2.45) is 0 Å². The van der Waals surface area contributed by atoms with E-state index in [1.54, 1.807) is 35.2 Å². The summed E-state index contributed by atoms with van der Waals surface area (Å²) < 4.78 is 5.46. The number of carbonyl (C=O) groups excluding carboxylic acids is 2. The quantitative estimate of drug-likeness (QED) is 0.667. The lowest BCUT2D eigenvalue weighted by atomic mass is 10.1. The van der Waals surface area contributed by atoms with E-state index in [1.807, 2.05) is 32.0 Å². The molecule has 4 rings (SSSR count). The Morgan fingerprint density at radius 1 is 1.23 bits per heavy atom. The average Bonchev–Trinajstić information content (AvgIpc) is 3.34. The van der Waals surface area contributed by atoms with Crippen molar-refractivity contribution in [2.75, 3.05) is 11.4 Å². The van der Waals surface area contributed by atoms with E-state index in [9.17, 15) is 9.59 Å². The minimum atomic E-state index is -0.204. The molecule has 0 spiro atoms. The Balaban J connectivity index is 1.52. The molecule has 8 heteroatoms. The maximum atomic E-state index is 12.5. The summed E-state index contributed by atoms with van der Waals surface area (Å²) in [6.07, 6.45) is 0.283. The largest absolute Gasteiger partial charge is 0.350 e. The molecule has 30 heavy (non-hydrogen) atoms. The van der Waals surface area contributed by atoms with Crippen molar-refractivity contribution < 1.29 is 14.1 Å². The number of benzene rings is 2. The van der Waals surface area contributed by atoms with Crippen LogP contribution in [0.25, 0.3) is 11.4 Å². The molecule has 1 aliphatic rings. The number of anilines is 1. The molecule has 2 aromatic carbocycles. The fourth-order valence-corrected chi connectivity index (χ4v) is 3.61. The number of hydrogen-bond donors (Lipinski definition) is 1. The maximum Gasteiger partial charge on any atom is 0.251 e. The first-order chi connectivity index (χ1) is 14.4. The van der Waals surface area contributed by atoms with E-state index < -0.39 is 0 Å². The number of nitrogens with zero attached hydrogens (tertiary/aromatic N) is 3. The number of aromatic nitrogens is 2. The average molecular weight is 425 g/mol. The zero-order valence-corrected chi connectivity index (χ0v) is 17.4. The Bertz CT molecular complexity index is 1100. The first-order valence-electron chi connectivity index (χ1n) is 9.71. The van der Waals surface area contributed by atoms with Gasteiger partial charge in [0.2, 0.25) is 17.6 Å². The summed E-state index contributed by atoms with van der Waals surface area (Å²) in [7, 11) is 0. The topological polar surface area (TPSA) is 88.3 Å². The van der Waals surface area contributed by atoms with Crippen LogP contribution in [0.15, 0.2) is 53.1 Å². The van der Waals surface area contributed by atoms with Gasteiger partial charge in [0, 0.05) is 40.8 Å². The van der Waals surface area contributed by atoms with Crippen molar-refractivity contribution in [1.82, 2.24) is 15.5 Å². The molecule has 1 saturated heterocycles. The highest BCUT2D eigenvalue weighted by molar-refractivity contribution is 6.30. The van der Waals surface area contributed by atoms with Gasteiger partial charge in [-0.1, -0.05) is 35.0 Å². The van der Waals surface area contributed by atoms with E-state index in [1.165, 1.54) is 0 Å². The molecule has 154 valence electrons. The van der Waals surface area contributed by atoms with Crippen LogP contribution in [0.5, 0.6) is 0 Å². The summed E-state index contributed by atoms with van der Waals surface area (Å²) in [5, 5.41) is 7.50. The van der Waals surface area contributed by atoms with E-state index in [-0.39, 0.29) is 30.2 Å². The van der Waals surface area contributed by atoms with Gasteiger partial charge in [-0.05, 0) is 44.2 Å². The number of nitrogens with one attached hydrogen (secondary N) is 1. The smallest absolute Gasteiger partial charge is 0.251 e. The van der Waals surface area contributed by atoms with Crippen molar-refractivity contribution in [3.63, 3.8) is 0 Å². The molecular weight excluding hydrogens is 404 g/mol. The summed E-state index contributed by atoms with van der Waals surface area (Å²) in [5.41, 5.74) is 1.95. The van der Waals surface area contributed by atoms with Crippen LogP contribution in [-0.2, 0) is 4.79 Å². The predicted octanol–water partition coefficient (Wildman–Crippen LogP) is 4.05. The van der Waals surface area contributed by atoms with Crippen molar-refractivity contribution >= 4 is 29.1 Å². The molecule has 7 nitrogen and oxygen atoms in total. The van der Waals surface area contributed by atoms with Gasteiger partial charge in [0.25, 0.3) is 5.91 Å². The summed E-state index contributed by atoms with van der Waals surface area (Å²) in [5.74, 6) is 0.409. The van der Waals surface area contributed by atoms with Crippen LogP contribution in [0, 0.1) is 0 Å². The summed E-state index contributed by atoms with van der Waals surface area (Å²) >= 11 is 6.05. The van der Waals surface area contributed by atoms with Gasteiger partial charge in [-0.15, -0.1) is 0 Å². The van der Waals surface area contributed by atoms with Gasteiger partial charge in [-0.2, -0.15) is 4.98 Å². The molecule has 1 atom stereocenters. The van der Waals surface area contributed by atoms with Gasteiger partial charge in [-0.3, -0.25) is 9.59 Å². The van der Waals surface area contributed by atoms with Crippen molar-refractivity contribution in [2.45, 2.75) is 32.2 Å². The van der Waals surface area contributed by atoms with E-state index in [0.717, 1.165) is 5.69 Å². The van der Waals surface area contributed by atoms with E-state index in [4.69, 9.17) is 16.1 Å². The second kappa shape index (κ2) is 8.28. The zero-order chi connectivity index (χ0) is 21.3. The third-order valence-corrected chi connectivity index (χ3v) is 5.07. The molecule has 0 saturated carbocycles. The minimum Gasteiger partial charge on any atom is -0.350 e. The van der Waals surface area contributed by atoms with Crippen LogP contribution in [0.1, 0.15) is 42.4 Å². The summed E-state index contributed by atoms with van der Waals surface area (Å²) in [4.78, 5) is 30.9. The van der Waals surface area contributed by atoms with Gasteiger partial charge in [0.1, 0.15) is 0 Å². The Kier molecular flexibility index (Phi) is 5.55. The predicted molar refractivity (Wildman–Crippen MR) is 113 cm³/mol. The van der Waals surface area contributed by atoms with Crippen LogP contribution in [0.4, 0.5) is 5.69 Å². The van der Waals surface area contributed by atoms with Crippen molar-refractivity contribution in [3.8, 4) is 11.4 Å². The van der Waals surface area contributed by atoms with Crippen LogP contribution in [0.2, 0.25) is 5.02 Å². The summed E-state index contributed by atoms with van der Waals surface area (Å²) in [6, 6.07) is 14.3. The van der Waals surface area contributed by atoms with E-state index >= 15 is 0 Å². The number of amides is 2. The molecule has 3 aromatic rings. The second-order valence-corrected chi connectivity index (χ2v) is 7.99. The molecular formula is C22H21ClN4O3. The lowest BCUT2D eigenvalue weighted by Crippen LogP contribution is -2.30. The molecule has 0 aliphatic carbocycles. The Morgan fingerprint density at radius 2 is 2.03 bits per heavy atom. The highest BCUT2D eigenvalue weighted by Gasteiger charge is 2.35. The molecule has 0 radical (unpaired) electrons. The number of carbonyl (C=O) groups is 2. The van der Waals surface area contributed by atoms with Crippen LogP contribution >= 0.6 is 11.6 Å². The highest BCUT2D eigenvalue weighted by Crippen LogP contribution is 2.32. The molecule has 1 aliphatic heterocycles. The molecule has 1 N–H and O–H groups in total. The first kappa shape index (κ1) is 20.1. The minimum absolute atomic E-state index is 0.0191. The molecule has 2 amide bonds. The molecule has 1 unspecified atom stereocenters. The van der Waals surface area contributed by atoms with Crippen LogP contribution in [-0.4, -0.2) is 34.5 Å². The Hall–Kier alpha value is -3.19. The molecule has 2 heterocycles. The fraction of sp³-hybridized carbons (Fsp3) is 0.273. The van der Waals surface area contributed by atoms with Gasteiger partial charge < -0.3 is 14.7 Å². The molecule has 1 aromatic heterocycles. The van der Waals surface area contributed by atoms with Gasteiger partial charge >= 0.3 is 0 Å². The Labute approximate surface area is 179 Å². The van der Waals surface area contributed by atoms with Gasteiger partial charge in [-0.25, -0.2) is 0 Å². The monoisotopic (exact) mass is 424 g/mol. The molecule has 0 bridgehead atoms. The lowest BCUT2D eigenvalue weighted by Gasteiger charge is -2.16. The van der Waals surface area contributed by atoms with Crippen molar-refractivity contribution in [3.05, 3.63) is 65.0 Å². The van der Waals surface area contributed by atoms with Crippen LogP contribution < -0.4 is 10.2 Å². The lowest BCUT2D eigenvalue weighted by molar-refractivity contribution is -0.117. The van der Waals surface area contributed by atoms with E-state index in [0.29, 0.717) is 34.4 Å². The SMILES string of the molecule is CC(C)NC(=O)c1cccc(-c2noc(C3CC(=O)N(c4cccc(Cl)c4)C3)n2)c1. The standard InChI is InChI=1S/C22H21ClN4O3/c1-13(2)24-21(29)15-6-3-5-14(9-15)20-25-22(30-26-20)16-10-19(28)27(12-16)18-8-4-7-17(23)11-18/h3-9,11,13,16H,10,12H2,1-2H3,(H,24,29). The van der Waals surface area contributed by atoms with Gasteiger partial charge in [0.15, 0.2) is 0 Å². The maximum absolute atomic E-state index is 12.5. The van der Waals surface area contributed by atoms with E-state index in [2.05, 4.69) is 15.5 Å². The summed E-state index contributed by atoms with van der Waals surface area (Å²) in [6.45, 7) is 4.25. The van der Waals surface area contributed by atoms with Crippen molar-refractivity contribution in [1.29, 1.82) is 0 Å². The third-order valence-electron chi connectivity index (χ3n) is 4.84. The third kappa shape index (κ3) is 4.21. The van der Waals surface area contributed by atoms with Gasteiger partial charge in [0.05, 0.1) is 5.92 Å². The van der Waals surface area contributed by atoms with Crippen LogP contribution in [0.3, 0.4) is 0 Å². The number of hydrogen-bond acceptors (Lipinski definition) is 5. The first-order valence-corrected chi connectivity index (χ1v) is 10.1. The normalized spacial score (nSPS) is 16.3. The zero-order valence-electron chi connectivity index (χ0n) is 16.6. The molecule has 1 fully saturated rings.